The van der Waals surface area contributed by atoms with Crippen molar-refractivity contribution in [1.29, 1.82) is 0 Å². The van der Waals surface area contributed by atoms with Crippen molar-refractivity contribution in [2.45, 2.75) is 12.5 Å². The van der Waals surface area contributed by atoms with E-state index in [1.54, 1.807) is 13.2 Å². The first kappa shape index (κ1) is 12.3. The highest BCUT2D eigenvalue weighted by atomic mass is 16.5. The normalized spacial score (nSPS) is 12.6. The van der Waals surface area contributed by atoms with E-state index in [0.717, 1.165) is 11.3 Å². The Morgan fingerprint density at radius 2 is 2.06 bits per heavy atom. The largest absolute Gasteiger partial charge is 0.497 e. The van der Waals surface area contributed by atoms with Gasteiger partial charge in [-0.25, -0.2) is 0 Å². The predicted octanol–water partition coefficient (Wildman–Crippen LogP) is 0.911. The first-order chi connectivity index (χ1) is 7.61. The third kappa shape index (κ3) is 4.14. The van der Waals surface area contributed by atoms with E-state index in [1.165, 1.54) is 0 Å². The summed E-state index contributed by atoms with van der Waals surface area (Å²) in [6, 6.07) is 7.21. The number of primary amides is 1. The number of carbonyl (C=O) groups excluding carboxylic acids is 1. The lowest BCUT2D eigenvalue weighted by Gasteiger charge is -2.02. The Morgan fingerprint density at radius 3 is 2.56 bits per heavy atom. The summed E-state index contributed by atoms with van der Waals surface area (Å²) < 4.78 is 5.04. The molecule has 1 unspecified atom stereocenters. The van der Waals surface area contributed by atoms with Crippen molar-refractivity contribution in [2.75, 3.05) is 7.11 Å². The highest BCUT2D eigenvalue weighted by molar-refractivity contribution is 5.75. The van der Waals surface area contributed by atoms with Gasteiger partial charge in [0.05, 0.1) is 7.11 Å². The van der Waals surface area contributed by atoms with E-state index < -0.39 is 5.91 Å². The summed E-state index contributed by atoms with van der Waals surface area (Å²) in [7, 11) is 1.62. The molecular formula is C12H16N2O2. The third-order valence-corrected chi connectivity index (χ3v) is 2.09. The lowest BCUT2D eigenvalue weighted by Crippen LogP contribution is -2.25. The van der Waals surface area contributed by atoms with Crippen molar-refractivity contribution in [2.24, 2.45) is 11.5 Å². The van der Waals surface area contributed by atoms with Crippen LogP contribution in [0.15, 0.2) is 30.3 Å². The van der Waals surface area contributed by atoms with Crippen molar-refractivity contribution in [3.8, 4) is 5.75 Å². The first-order valence-electron chi connectivity index (χ1n) is 4.98. The van der Waals surface area contributed by atoms with Crippen LogP contribution in [0.3, 0.4) is 0 Å². The summed E-state index contributed by atoms with van der Waals surface area (Å²) in [5.74, 6) is 0.408. The Kier molecular flexibility index (Phi) is 4.54. The van der Waals surface area contributed by atoms with Gasteiger partial charge in [-0.2, -0.15) is 0 Å². The van der Waals surface area contributed by atoms with E-state index in [-0.39, 0.29) is 12.5 Å². The van der Waals surface area contributed by atoms with Crippen LogP contribution in [0.5, 0.6) is 5.75 Å². The molecule has 0 heterocycles. The van der Waals surface area contributed by atoms with Crippen LogP contribution in [0.25, 0.3) is 6.08 Å². The van der Waals surface area contributed by atoms with Gasteiger partial charge in [-0.05, 0) is 17.7 Å². The van der Waals surface area contributed by atoms with Crippen molar-refractivity contribution < 1.29 is 9.53 Å². The number of methoxy groups -OCH3 is 1. The minimum absolute atomic E-state index is 0.159. The number of hydrogen-bond acceptors (Lipinski definition) is 3. The molecule has 0 aliphatic carbocycles. The standard InChI is InChI=1S/C12H16N2O2/c1-16-11-6-3-9(4-7-11)2-5-10(13)8-12(14)15/h2-7,10H,8,13H2,1H3,(H2,14,15)/b5-2+. The van der Waals surface area contributed by atoms with E-state index in [4.69, 9.17) is 16.2 Å². The number of benzene rings is 1. The topological polar surface area (TPSA) is 78.3 Å². The van der Waals surface area contributed by atoms with Gasteiger partial charge in [-0.1, -0.05) is 24.3 Å². The highest BCUT2D eigenvalue weighted by Crippen LogP contribution is 2.12. The predicted molar refractivity (Wildman–Crippen MR) is 63.8 cm³/mol. The monoisotopic (exact) mass is 220 g/mol. The molecule has 1 atom stereocenters. The fourth-order valence-corrected chi connectivity index (χ4v) is 1.25. The summed E-state index contributed by atoms with van der Waals surface area (Å²) in [5.41, 5.74) is 11.7. The second-order valence-corrected chi connectivity index (χ2v) is 3.47. The highest BCUT2D eigenvalue weighted by Gasteiger charge is 2.01. The van der Waals surface area contributed by atoms with Gasteiger partial charge in [0.1, 0.15) is 5.75 Å². The van der Waals surface area contributed by atoms with Gasteiger partial charge in [-0.15, -0.1) is 0 Å². The van der Waals surface area contributed by atoms with Crippen LogP contribution in [-0.4, -0.2) is 19.1 Å². The number of ether oxygens (including phenoxy) is 1. The molecule has 0 radical (unpaired) electrons. The molecule has 0 aromatic heterocycles. The molecule has 0 aliphatic heterocycles. The van der Waals surface area contributed by atoms with E-state index in [9.17, 15) is 4.79 Å². The average Bonchev–Trinajstić information content (AvgIpc) is 2.26. The third-order valence-electron chi connectivity index (χ3n) is 2.09. The molecule has 0 spiro atoms. The van der Waals surface area contributed by atoms with Crippen LogP contribution in [0.1, 0.15) is 12.0 Å². The van der Waals surface area contributed by atoms with Gasteiger partial charge in [-0.3, -0.25) is 4.79 Å². The maximum atomic E-state index is 10.6. The molecule has 0 aliphatic rings. The van der Waals surface area contributed by atoms with E-state index in [1.807, 2.05) is 30.3 Å². The van der Waals surface area contributed by atoms with Gasteiger partial charge in [0.2, 0.25) is 5.91 Å². The Morgan fingerprint density at radius 1 is 1.44 bits per heavy atom. The van der Waals surface area contributed by atoms with Crippen LogP contribution >= 0.6 is 0 Å². The van der Waals surface area contributed by atoms with E-state index in [0.29, 0.717) is 0 Å². The zero-order valence-electron chi connectivity index (χ0n) is 9.22. The van der Waals surface area contributed by atoms with Gasteiger partial charge in [0.25, 0.3) is 0 Å². The van der Waals surface area contributed by atoms with Crippen molar-refractivity contribution in [3.05, 3.63) is 35.9 Å². The zero-order chi connectivity index (χ0) is 12.0. The molecule has 0 fully saturated rings. The summed E-state index contributed by atoms with van der Waals surface area (Å²) in [6.45, 7) is 0. The second kappa shape index (κ2) is 5.92. The van der Waals surface area contributed by atoms with Gasteiger partial charge in [0.15, 0.2) is 0 Å². The van der Waals surface area contributed by atoms with Gasteiger partial charge < -0.3 is 16.2 Å². The van der Waals surface area contributed by atoms with Crippen molar-refractivity contribution in [3.63, 3.8) is 0 Å². The summed E-state index contributed by atoms with van der Waals surface area (Å²) in [4.78, 5) is 10.6. The molecule has 16 heavy (non-hydrogen) atoms. The lowest BCUT2D eigenvalue weighted by molar-refractivity contribution is -0.118. The van der Waals surface area contributed by atoms with E-state index in [2.05, 4.69) is 0 Å². The van der Waals surface area contributed by atoms with Gasteiger partial charge >= 0.3 is 0 Å². The van der Waals surface area contributed by atoms with Crippen molar-refractivity contribution >= 4 is 12.0 Å². The quantitative estimate of drug-likeness (QED) is 0.774. The van der Waals surface area contributed by atoms with Gasteiger partial charge in [0, 0.05) is 12.5 Å². The fraction of sp³-hybridized carbons (Fsp3) is 0.250. The van der Waals surface area contributed by atoms with Crippen LogP contribution in [-0.2, 0) is 4.79 Å². The van der Waals surface area contributed by atoms with Crippen LogP contribution in [0.2, 0.25) is 0 Å². The summed E-state index contributed by atoms with van der Waals surface area (Å²) in [5, 5.41) is 0. The Labute approximate surface area is 94.9 Å². The number of carbonyl (C=O) groups is 1. The molecule has 0 saturated carbocycles. The second-order valence-electron chi connectivity index (χ2n) is 3.47. The molecule has 0 saturated heterocycles. The number of nitrogens with two attached hydrogens (primary N) is 2. The fourth-order valence-electron chi connectivity index (χ4n) is 1.25. The zero-order valence-corrected chi connectivity index (χ0v) is 9.22. The molecule has 0 bridgehead atoms. The number of hydrogen-bond donors (Lipinski definition) is 2. The van der Waals surface area contributed by atoms with E-state index >= 15 is 0 Å². The molecule has 1 aromatic carbocycles. The molecule has 4 nitrogen and oxygen atoms in total. The first-order valence-corrected chi connectivity index (χ1v) is 4.98. The van der Waals surface area contributed by atoms with Crippen LogP contribution in [0.4, 0.5) is 0 Å². The SMILES string of the molecule is COc1ccc(/C=C/C(N)CC(N)=O)cc1. The number of amides is 1. The summed E-state index contributed by atoms with van der Waals surface area (Å²) in [6.07, 6.45) is 3.77. The maximum absolute atomic E-state index is 10.6. The number of rotatable bonds is 5. The Bertz CT molecular complexity index is 371. The Hall–Kier alpha value is -1.81. The molecule has 86 valence electrons. The Balaban J connectivity index is 2.58. The molecular weight excluding hydrogens is 204 g/mol. The maximum Gasteiger partial charge on any atom is 0.219 e. The molecule has 1 aromatic rings. The average molecular weight is 220 g/mol. The van der Waals surface area contributed by atoms with Crippen LogP contribution < -0.4 is 16.2 Å². The molecule has 4 heteroatoms. The molecule has 1 rings (SSSR count). The summed E-state index contributed by atoms with van der Waals surface area (Å²) >= 11 is 0. The lowest BCUT2D eigenvalue weighted by atomic mass is 10.1. The molecule has 4 N–H and O–H groups in total. The van der Waals surface area contributed by atoms with Crippen LogP contribution in [0, 0.1) is 0 Å². The van der Waals surface area contributed by atoms with Crippen molar-refractivity contribution in [1.82, 2.24) is 0 Å². The molecule has 1 amide bonds. The minimum atomic E-state index is -0.396. The minimum Gasteiger partial charge on any atom is -0.497 e. The smallest absolute Gasteiger partial charge is 0.219 e.